The summed E-state index contributed by atoms with van der Waals surface area (Å²) in [6.45, 7) is 3.46. The molecular weight excluding hydrogens is 324 g/mol. The van der Waals surface area contributed by atoms with Crippen LogP contribution in [-0.2, 0) is 11.3 Å². The number of carbonyl (C=O) groups excluding carboxylic acids is 1. The Balaban J connectivity index is 0.00000146. The smallest absolute Gasteiger partial charge is 0.237 e. The lowest BCUT2D eigenvalue weighted by atomic mass is 9.67. The second-order valence-corrected chi connectivity index (χ2v) is 7.24. The van der Waals surface area contributed by atoms with E-state index in [-0.39, 0.29) is 17.8 Å². The van der Waals surface area contributed by atoms with Gasteiger partial charge in [-0.25, -0.2) is 4.98 Å². The van der Waals surface area contributed by atoms with Gasteiger partial charge in [0.2, 0.25) is 11.9 Å². The van der Waals surface area contributed by atoms with Gasteiger partial charge in [-0.15, -0.1) is 12.4 Å². The summed E-state index contributed by atoms with van der Waals surface area (Å²) < 4.78 is 2.20. The molecule has 1 amide bonds. The van der Waals surface area contributed by atoms with Gasteiger partial charge >= 0.3 is 0 Å². The zero-order chi connectivity index (χ0) is 15.4. The monoisotopic (exact) mass is 346 g/mol. The van der Waals surface area contributed by atoms with Crippen LogP contribution in [0.2, 0.25) is 0 Å². The number of aromatic nitrogens is 2. The molecule has 1 saturated heterocycles. The first-order valence-electron chi connectivity index (χ1n) is 8.77. The van der Waals surface area contributed by atoms with Crippen LogP contribution in [0.15, 0.2) is 24.3 Å². The SMILES string of the molecule is Cl.O=C(N1CCn2c1nc1ccccc12)[C@@]12CCCC[C@H]1CNC2. The van der Waals surface area contributed by atoms with Crippen molar-refractivity contribution >= 4 is 35.3 Å². The number of halogens is 1. The van der Waals surface area contributed by atoms with E-state index in [1.54, 1.807) is 0 Å². The summed E-state index contributed by atoms with van der Waals surface area (Å²) in [7, 11) is 0. The highest BCUT2D eigenvalue weighted by Crippen LogP contribution is 2.46. The Labute approximate surface area is 147 Å². The fraction of sp³-hybridized carbons (Fsp3) is 0.556. The largest absolute Gasteiger partial charge is 0.315 e. The zero-order valence-electron chi connectivity index (χ0n) is 13.7. The number of imidazole rings is 1. The molecule has 3 aliphatic rings. The third-order valence-corrected chi connectivity index (χ3v) is 6.13. The average Bonchev–Trinajstić information content (AvgIpc) is 3.27. The van der Waals surface area contributed by atoms with Crippen LogP contribution in [0.1, 0.15) is 25.7 Å². The molecule has 6 heteroatoms. The van der Waals surface area contributed by atoms with E-state index in [0.29, 0.717) is 11.8 Å². The Morgan fingerprint density at radius 2 is 2.12 bits per heavy atom. The first kappa shape index (κ1) is 15.9. The molecule has 2 aliphatic heterocycles. The topological polar surface area (TPSA) is 50.2 Å². The summed E-state index contributed by atoms with van der Waals surface area (Å²) in [6.07, 6.45) is 4.65. The van der Waals surface area contributed by atoms with Crippen LogP contribution in [0.25, 0.3) is 11.0 Å². The van der Waals surface area contributed by atoms with Gasteiger partial charge in [0.25, 0.3) is 0 Å². The Morgan fingerprint density at radius 3 is 3.04 bits per heavy atom. The van der Waals surface area contributed by atoms with Crippen molar-refractivity contribution in [1.82, 2.24) is 14.9 Å². The molecule has 128 valence electrons. The number of amides is 1. The lowest BCUT2D eigenvalue weighted by molar-refractivity contribution is -0.131. The van der Waals surface area contributed by atoms with E-state index in [9.17, 15) is 4.79 Å². The molecule has 5 nitrogen and oxygen atoms in total. The number of nitrogens with one attached hydrogen (secondary N) is 1. The summed E-state index contributed by atoms with van der Waals surface area (Å²) in [5, 5.41) is 3.49. The molecule has 2 fully saturated rings. The highest BCUT2D eigenvalue weighted by Gasteiger charge is 2.52. The van der Waals surface area contributed by atoms with Crippen molar-refractivity contribution in [3.05, 3.63) is 24.3 Å². The van der Waals surface area contributed by atoms with Gasteiger partial charge in [0.05, 0.1) is 16.4 Å². The summed E-state index contributed by atoms with van der Waals surface area (Å²) in [5.41, 5.74) is 1.94. The maximum Gasteiger partial charge on any atom is 0.237 e. The Kier molecular flexibility index (Phi) is 3.81. The maximum absolute atomic E-state index is 13.5. The van der Waals surface area contributed by atoms with Crippen LogP contribution in [0.3, 0.4) is 0 Å². The quantitative estimate of drug-likeness (QED) is 0.863. The number of nitrogens with zero attached hydrogens (tertiary/aromatic N) is 3. The third-order valence-electron chi connectivity index (χ3n) is 6.13. The van der Waals surface area contributed by atoms with Crippen LogP contribution >= 0.6 is 12.4 Å². The number of hydrogen-bond donors (Lipinski definition) is 1. The first-order valence-corrected chi connectivity index (χ1v) is 8.77. The molecule has 1 aromatic heterocycles. The van der Waals surface area contributed by atoms with Gasteiger partial charge in [0.15, 0.2) is 0 Å². The normalized spacial score (nSPS) is 28.5. The van der Waals surface area contributed by atoms with E-state index < -0.39 is 0 Å². The number of benzene rings is 1. The lowest BCUT2D eigenvalue weighted by Crippen LogP contribution is -2.49. The summed E-state index contributed by atoms with van der Waals surface area (Å²) >= 11 is 0. The lowest BCUT2D eigenvalue weighted by Gasteiger charge is -2.39. The zero-order valence-corrected chi connectivity index (χ0v) is 14.5. The molecule has 1 aromatic carbocycles. The van der Waals surface area contributed by atoms with E-state index in [1.165, 1.54) is 19.3 Å². The summed E-state index contributed by atoms with van der Waals surface area (Å²) in [5.74, 6) is 1.66. The molecule has 1 aliphatic carbocycles. The van der Waals surface area contributed by atoms with E-state index in [0.717, 1.165) is 49.6 Å². The average molecular weight is 347 g/mol. The van der Waals surface area contributed by atoms with Crippen molar-refractivity contribution in [3.63, 3.8) is 0 Å². The molecule has 0 unspecified atom stereocenters. The van der Waals surface area contributed by atoms with Crippen LogP contribution in [0.5, 0.6) is 0 Å². The van der Waals surface area contributed by atoms with Crippen molar-refractivity contribution in [2.75, 3.05) is 24.5 Å². The molecule has 3 heterocycles. The van der Waals surface area contributed by atoms with Gasteiger partial charge in [-0.2, -0.15) is 0 Å². The molecule has 5 rings (SSSR count). The minimum atomic E-state index is -0.189. The predicted octanol–water partition coefficient (Wildman–Crippen LogP) is 2.58. The molecule has 0 bridgehead atoms. The van der Waals surface area contributed by atoms with Crippen LogP contribution in [-0.4, -0.2) is 35.1 Å². The Hall–Kier alpha value is -1.59. The van der Waals surface area contributed by atoms with Gasteiger partial charge in [0, 0.05) is 19.6 Å². The highest BCUT2D eigenvalue weighted by atomic mass is 35.5. The van der Waals surface area contributed by atoms with Crippen molar-refractivity contribution in [3.8, 4) is 0 Å². The van der Waals surface area contributed by atoms with Gasteiger partial charge in [-0.05, 0) is 37.4 Å². The second-order valence-electron chi connectivity index (χ2n) is 7.24. The molecule has 0 radical (unpaired) electrons. The molecule has 0 spiro atoms. The molecule has 2 aromatic rings. The Bertz CT molecular complexity index is 788. The van der Waals surface area contributed by atoms with Crippen molar-refractivity contribution in [2.24, 2.45) is 11.3 Å². The van der Waals surface area contributed by atoms with Crippen LogP contribution in [0.4, 0.5) is 5.95 Å². The number of anilines is 1. The first-order chi connectivity index (χ1) is 11.3. The highest BCUT2D eigenvalue weighted by molar-refractivity contribution is 5.99. The minimum absolute atomic E-state index is 0. The number of para-hydroxylation sites is 2. The third kappa shape index (κ3) is 2.04. The number of carbonyl (C=O) groups is 1. The standard InChI is InChI=1S/C18H22N4O.ClH/c23-16(18-8-4-3-5-13(18)11-19-12-18)22-10-9-21-15-7-2-1-6-14(15)20-17(21)22;/h1-2,6-7,13,19H,3-5,8-12H2;1H/t13-,18+;/m0./s1. The van der Waals surface area contributed by atoms with Gasteiger partial charge in [-0.3, -0.25) is 9.69 Å². The van der Waals surface area contributed by atoms with E-state index >= 15 is 0 Å². The van der Waals surface area contributed by atoms with Crippen LogP contribution < -0.4 is 10.2 Å². The Morgan fingerprint density at radius 1 is 1.25 bits per heavy atom. The number of fused-ring (bicyclic) bond motifs is 4. The molecule has 1 N–H and O–H groups in total. The maximum atomic E-state index is 13.5. The fourth-order valence-corrected chi connectivity index (χ4v) is 4.92. The predicted molar refractivity (Wildman–Crippen MR) is 96.6 cm³/mol. The van der Waals surface area contributed by atoms with Crippen LogP contribution in [0, 0.1) is 11.3 Å². The van der Waals surface area contributed by atoms with E-state index in [1.807, 2.05) is 23.1 Å². The van der Waals surface area contributed by atoms with E-state index in [4.69, 9.17) is 4.98 Å². The van der Waals surface area contributed by atoms with Gasteiger partial charge < -0.3 is 9.88 Å². The summed E-state index contributed by atoms with van der Waals surface area (Å²) in [6, 6.07) is 8.17. The molecular formula is C18H23ClN4O. The molecule has 1 saturated carbocycles. The summed E-state index contributed by atoms with van der Waals surface area (Å²) in [4.78, 5) is 20.2. The second kappa shape index (κ2) is 5.74. The molecule has 2 atom stereocenters. The van der Waals surface area contributed by atoms with Gasteiger partial charge in [-0.1, -0.05) is 25.0 Å². The van der Waals surface area contributed by atoms with Crippen molar-refractivity contribution < 1.29 is 4.79 Å². The minimum Gasteiger partial charge on any atom is -0.315 e. The fourth-order valence-electron chi connectivity index (χ4n) is 4.92. The number of hydrogen-bond acceptors (Lipinski definition) is 3. The molecule has 24 heavy (non-hydrogen) atoms. The van der Waals surface area contributed by atoms with Crippen molar-refractivity contribution in [2.45, 2.75) is 32.2 Å². The van der Waals surface area contributed by atoms with Gasteiger partial charge in [0.1, 0.15) is 0 Å². The van der Waals surface area contributed by atoms with Crippen molar-refractivity contribution in [1.29, 1.82) is 0 Å². The number of rotatable bonds is 1. The van der Waals surface area contributed by atoms with E-state index in [2.05, 4.69) is 16.0 Å².